The Kier molecular flexibility index (Phi) is 3.53. The van der Waals surface area contributed by atoms with Crippen LogP contribution >= 0.6 is 0 Å². The van der Waals surface area contributed by atoms with Gasteiger partial charge in [0, 0.05) is 12.6 Å². The summed E-state index contributed by atoms with van der Waals surface area (Å²) < 4.78 is 0. The Balaban J connectivity index is 2.47. The number of hydrogen-bond donors (Lipinski definition) is 1. The first kappa shape index (κ1) is 10.0. The first-order chi connectivity index (χ1) is 5.65. The lowest BCUT2D eigenvalue weighted by Gasteiger charge is -2.26. The van der Waals surface area contributed by atoms with Crippen LogP contribution in [0, 0.1) is 5.92 Å². The van der Waals surface area contributed by atoms with E-state index in [0.717, 1.165) is 19.5 Å². The van der Waals surface area contributed by atoms with Gasteiger partial charge < -0.3 is 5.11 Å². The van der Waals surface area contributed by atoms with Crippen LogP contribution in [0.1, 0.15) is 33.6 Å². The molecule has 1 saturated heterocycles. The molecule has 72 valence electrons. The second-order valence-corrected chi connectivity index (χ2v) is 4.20. The molecule has 2 atom stereocenters. The van der Waals surface area contributed by atoms with E-state index in [-0.39, 0.29) is 6.10 Å². The molecule has 1 aliphatic rings. The van der Waals surface area contributed by atoms with E-state index < -0.39 is 0 Å². The molecule has 12 heavy (non-hydrogen) atoms. The minimum Gasteiger partial charge on any atom is -0.392 e. The normalized spacial score (nSPS) is 31.8. The fourth-order valence-corrected chi connectivity index (χ4v) is 2.15. The summed E-state index contributed by atoms with van der Waals surface area (Å²) in [4.78, 5) is 2.43. The lowest BCUT2D eigenvalue weighted by Crippen LogP contribution is -2.34. The van der Waals surface area contributed by atoms with E-state index in [2.05, 4.69) is 25.7 Å². The number of likely N-dealkylation sites (tertiary alicyclic amines) is 1. The maximum Gasteiger partial charge on any atom is 0.0682 e. The van der Waals surface area contributed by atoms with E-state index in [9.17, 15) is 5.11 Å². The molecule has 0 amide bonds. The number of β-amino-alcohol motifs (C(OH)–C–C–N with tert-alkyl or cyclic N) is 1. The van der Waals surface area contributed by atoms with Crippen LogP contribution in [0.2, 0.25) is 0 Å². The van der Waals surface area contributed by atoms with Crippen molar-refractivity contribution in [2.75, 3.05) is 13.1 Å². The second-order valence-electron chi connectivity index (χ2n) is 4.20. The van der Waals surface area contributed by atoms with E-state index >= 15 is 0 Å². The summed E-state index contributed by atoms with van der Waals surface area (Å²) in [5.41, 5.74) is 0. The van der Waals surface area contributed by atoms with Crippen molar-refractivity contribution in [3.63, 3.8) is 0 Å². The topological polar surface area (TPSA) is 23.5 Å². The van der Waals surface area contributed by atoms with Gasteiger partial charge in [-0.05, 0) is 25.3 Å². The summed E-state index contributed by atoms with van der Waals surface area (Å²) in [6, 6.07) is 0.611. The molecular formula is C10H21NO. The predicted octanol–water partition coefficient (Wildman–Crippen LogP) is 1.49. The van der Waals surface area contributed by atoms with Gasteiger partial charge in [-0.1, -0.05) is 20.8 Å². The molecule has 1 heterocycles. The third-order valence-electron chi connectivity index (χ3n) is 2.71. The minimum absolute atomic E-state index is 0.0797. The van der Waals surface area contributed by atoms with Gasteiger partial charge in [0.25, 0.3) is 0 Å². The number of nitrogens with zero attached hydrogens (tertiary/aromatic N) is 1. The van der Waals surface area contributed by atoms with E-state index in [1.807, 2.05) is 0 Å². The molecule has 1 aliphatic heterocycles. The van der Waals surface area contributed by atoms with Crippen LogP contribution in [0.3, 0.4) is 0 Å². The third kappa shape index (κ3) is 2.20. The molecule has 0 unspecified atom stereocenters. The largest absolute Gasteiger partial charge is 0.392 e. The van der Waals surface area contributed by atoms with Gasteiger partial charge in [0.05, 0.1) is 6.10 Å². The average Bonchev–Trinajstić information content (AvgIpc) is 2.32. The monoisotopic (exact) mass is 171 g/mol. The summed E-state index contributed by atoms with van der Waals surface area (Å²) in [7, 11) is 0. The summed E-state index contributed by atoms with van der Waals surface area (Å²) in [6.07, 6.45) is 2.08. The maximum absolute atomic E-state index is 9.50. The van der Waals surface area contributed by atoms with Crippen LogP contribution < -0.4 is 0 Å². The van der Waals surface area contributed by atoms with Crippen LogP contribution in [0.5, 0.6) is 0 Å². The Morgan fingerprint density at radius 2 is 2.17 bits per heavy atom. The van der Waals surface area contributed by atoms with Gasteiger partial charge in [-0.25, -0.2) is 0 Å². The molecule has 0 aromatic heterocycles. The Labute approximate surface area is 75.6 Å². The highest BCUT2D eigenvalue weighted by Crippen LogP contribution is 2.23. The van der Waals surface area contributed by atoms with Gasteiger partial charge in [-0.15, -0.1) is 0 Å². The quantitative estimate of drug-likeness (QED) is 0.695. The van der Waals surface area contributed by atoms with E-state index in [4.69, 9.17) is 0 Å². The fraction of sp³-hybridized carbons (Fsp3) is 1.00. The van der Waals surface area contributed by atoms with Gasteiger partial charge in [0.1, 0.15) is 0 Å². The highest BCUT2D eigenvalue weighted by molar-refractivity contribution is 4.86. The summed E-state index contributed by atoms with van der Waals surface area (Å²) in [5.74, 6) is 0.675. The Hall–Kier alpha value is -0.0800. The molecule has 0 aromatic carbocycles. The average molecular weight is 171 g/mol. The van der Waals surface area contributed by atoms with E-state index in [1.54, 1.807) is 0 Å². The van der Waals surface area contributed by atoms with Crippen LogP contribution in [-0.4, -0.2) is 35.2 Å². The van der Waals surface area contributed by atoms with Crippen LogP contribution in [0.4, 0.5) is 0 Å². The molecule has 0 aromatic rings. The molecule has 2 heteroatoms. The van der Waals surface area contributed by atoms with Crippen molar-refractivity contribution in [3.05, 3.63) is 0 Å². The van der Waals surface area contributed by atoms with Crippen LogP contribution in [0.15, 0.2) is 0 Å². The fourth-order valence-electron chi connectivity index (χ4n) is 2.15. The van der Waals surface area contributed by atoms with Crippen molar-refractivity contribution in [3.8, 4) is 0 Å². The number of rotatable bonds is 3. The third-order valence-corrected chi connectivity index (χ3v) is 2.71. The molecule has 1 rings (SSSR count). The zero-order valence-electron chi connectivity index (χ0n) is 8.45. The molecule has 0 spiro atoms. The minimum atomic E-state index is -0.0797. The van der Waals surface area contributed by atoms with Crippen molar-refractivity contribution in [2.24, 2.45) is 5.92 Å². The SMILES string of the molecule is CCCN1C[C@@H](O)C[C@@H]1C(C)C. The predicted molar refractivity (Wildman–Crippen MR) is 51.1 cm³/mol. The molecular weight excluding hydrogens is 150 g/mol. The Morgan fingerprint density at radius 1 is 1.50 bits per heavy atom. The van der Waals surface area contributed by atoms with Crippen LogP contribution in [-0.2, 0) is 0 Å². The molecule has 0 aliphatic carbocycles. The van der Waals surface area contributed by atoms with Gasteiger partial charge in [-0.2, -0.15) is 0 Å². The molecule has 1 fully saturated rings. The molecule has 1 N–H and O–H groups in total. The number of hydrogen-bond acceptors (Lipinski definition) is 2. The first-order valence-electron chi connectivity index (χ1n) is 5.07. The van der Waals surface area contributed by atoms with E-state index in [0.29, 0.717) is 12.0 Å². The first-order valence-corrected chi connectivity index (χ1v) is 5.07. The molecule has 2 nitrogen and oxygen atoms in total. The van der Waals surface area contributed by atoms with Gasteiger partial charge in [0.2, 0.25) is 0 Å². The second kappa shape index (κ2) is 4.24. The molecule has 0 saturated carbocycles. The maximum atomic E-state index is 9.50. The van der Waals surface area contributed by atoms with E-state index in [1.165, 1.54) is 6.42 Å². The summed E-state index contributed by atoms with van der Waals surface area (Å²) >= 11 is 0. The summed E-state index contributed by atoms with van der Waals surface area (Å²) in [5, 5.41) is 9.50. The number of aliphatic hydroxyl groups is 1. The lowest BCUT2D eigenvalue weighted by molar-refractivity contribution is 0.172. The van der Waals surface area contributed by atoms with Gasteiger partial charge in [0.15, 0.2) is 0 Å². The van der Waals surface area contributed by atoms with Crippen molar-refractivity contribution < 1.29 is 5.11 Å². The lowest BCUT2D eigenvalue weighted by atomic mass is 10.0. The zero-order valence-corrected chi connectivity index (χ0v) is 8.45. The number of aliphatic hydroxyl groups excluding tert-OH is 1. The standard InChI is InChI=1S/C10H21NO/c1-4-5-11-7-9(12)6-10(11)8(2)3/h8-10,12H,4-7H2,1-3H3/t9-,10+/m0/s1. The van der Waals surface area contributed by atoms with Crippen molar-refractivity contribution >= 4 is 0 Å². The highest BCUT2D eigenvalue weighted by Gasteiger charge is 2.31. The zero-order chi connectivity index (χ0) is 9.14. The molecule has 0 bridgehead atoms. The smallest absolute Gasteiger partial charge is 0.0682 e. The van der Waals surface area contributed by atoms with Gasteiger partial charge >= 0.3 is 0 Å². The van der Waals surface area contributed by atoms with Crippen molar-refractivity contribution in [2.45, 2.75) is 45.8 Å². The highest BCUT2D eigenvalue weighted by atomic mass is 16.3. The summed E-state index contributed by atoms with van der Waals surface area (Å²) in [6.45, 7) is 8.70. The Bertz CT molecular complexity index is 136. The van der Waals surface area contributed by atoms with Crippen molar-refractivity contribution in [1.82, 2.24) is 4.90 Å². The van der Waals surface area contributed by atoms with Crippen LogP contribution in [0.25, 0.3) is 0 Å². The molecule has 0 radical (unpaired) electrons. The van der Waals surface area contributed by atoms with Crippen molar-refractivity contribution in [1.29, 1.82) is 0 Å². The Morgan fingerprint density at radius 3 is 2.67 bits per heavy atom. The van der Waals surface area contributed by atoms with Gasteiger partial charge in [-0.3, -0.25) is 4.90 Å².